The van der Waals surface area contributed by atoms with Gasteiger partial charge in [-0.2, -0.15) is 0 Å². The number of hydrogen-bond donors (Lipinski definition) is 2. The molecular formula is C11H16BrNO5S2. The molecule has 1 rings (SSSR count). The van der Waals surface area contributed by atoms with Crippen LogP contribution in [0.2, 0.25) is 0 Å². The van der Waals surface area contributed by atoms with E-state index in [4.69, 9.17) is 9.84 Å². The van der Waals surface area contributed by atoms with Crippen molar-refractivity contribution in [3.8, 4) is 0 Å². The molecule has 1 aromatic rings. The number of thiophene rings is 1. The van der Waals surface area contributed by atoms with Crippen LogP contribution in [0.5, 0.6) is 0 Å². The predicted octanol–water partition coefficient (Wildman–Crippen LogP) is 2.30. The molecule has 0 spiro atoms. The van der Waals surface area contributed by atoms with Gasteiger partial charge in [-0.25, -0.2) is 17.9 Å². The van der Waals surface area contributed by atoms with Crippen LogP contribution in [0.25, 0.3) is 0 Å². The number of carboxylic acid groups (broad SMARTS) is 1. The highest BCUT2D eigenvalue weighted by molar-refractivity contribution is 9.11. The Balaban J connectivity index is 2.58. The van der Waals surface area contributed by atoms with Gasteiger partial charge in [0.15, 0.2) is 0 Å². The molecule has 9 heteroatoms. The molecule has 0 aliphatic rings. The van der Waals surface area contributed by atoms with E-state index in [1.54, 1.807) is 0 Å². The van der Waals surface area contributed by atoms with Gasteiger partial charge in [-0.15, -0.1) is 11.3 Å². The average Bonchev–Trinajstić information content (AvgIpc) is 2.77. The summed E-state index contributed by atoms with van der Waals surface area (Å²) in [5, 5.41) is 8.84. The van der Waals surface area contributed by atoms with Crippen LogP contribution >= 0.6 is 27.3 Å². The number of carboxylic acids is 1. The second kappa shape index (κ2) is 8.08. The number of hydrogen-bond acceptors (Lipinski definition) is 5. The Morgan fingerprint density at radius 3 is 2.75 bits per heavy atom. The van der Waals surface area contributed by atoms with Gasteiger partial charge in [0.05, 0.1) is 10.4 Å². The Hall–Kier alpha value is -0.480. The highest BCUT2D eigenvalue weighted by Gasteiger charge is 2.22. The summed E-state index contributed by atoms with van der Waals surface area (Å²) in [6.45, 7) is 3.08. The number of carbonyl (C=O) groups is 1. The topological polar surface area (TPSA) is 92.7 Å². The van der Waals surface area contributed by atoms with Crippen molar-refractivity contribution in [2.45, 2.75) is 24.7 Å². The molecule has 0 bridgehead atoms. The Morgan fingerprint density at radius 2 is 2.20 bits per heavy atom. The van der Waals surface area contributed by atoms with Gasteiger partial charge in [-0.05, 0) is 28.4 Å². The number of ether oxygens (including phenoxy) is 1. The highest BCUT2D eigenvalue weighted by Crippen LogP contribution is 2.31. The summed E-state index contributed by atoms with van der Waals surface area (Å²) in [7, 11) is -3.73. The number of nitrogens with one attached hydrogen (secondary N) is 1. The number of unbranched alkanes of at least 4 members (excludes halogenated alkanes) is 1. The number of rotatable bonds is 9. The molecule has 0 aliphatic carbocycles. The first-order valence-corrected chi connectivity index (χ1v) is 9.07. The monoisotopic (exact) mass is 385 g/mol. The molecule has 20 heavy (non-hydrogen) atoms. The van der Waals surface area contributed by atoms with Crippen molar-refractivity contribution in [2.24, 2.45) is 0 Å². The minimum Gasteiger partial charge on any atom is -0.477 e. The zero-order valence-corrected chi connectivity index (χ0v) is 14.1. The third-order valence-corrected chi connectivity index (χ3v) is 6.04. The van der Waals surface area contributed by atoms with Gasteiger partial charge in [0.2, 0.25) is 10.0 Å². The molecule has 0 aromatic carbocycles. The van der Waals surface area contributed by atoms with Crippen LogP contribution in [0.3, 0.4) is 0 Å². The molecule has 6 nitrogen and oxygen atoms in total. The third kappa shape index (κ3) is 5.13. The van der Waals surface area contributed by atoms with E-state index < -0.39 is 16.0 Å². The lowest BCUT2D eigenvalue weighted by Crippen LogP contribution is -2.27. The lowest BCUT2D eigenvalue weighted by atomic mass is 10.4. The van der Waals surface area contributed by atoms with Crippen LogP contribution in [0.4, 0.5) is 0 Å². The molecule has 0 saturated heterocycles. The normalized spacial score (nSPS) is 11.7. The summed E-state index contributed by atoms with van der Waals surface area (Å²) in [6, 6.07) is 1.14. The van der Waals surface area contributed by atoms with E-state index in [-0.39, 0.29) is 26.7 Å². The molecule has 0 amide bonds. The van der Waals surface area contributed by atoms with Crippen molar-refractivity contribution in [2.75, 3.05) is 19.8 Å². The van der Waals surface area contributed by atoms with Crippen molar-refractivity contribution in [1.82, 2.24) is 4.72 Å². The van der Waals surface area contributed by atoms with E-state index >= 15 is 0 Å². The maximum Gasteiger partial charge on any atom is 0.345 e. The van der Waals surface area contributed by atoms with E-state index in [2.05, 4.69) is 20.7 Å². The fourth-order valence-corrected chi connectivity index (χ4v) is 4.73. The van der Waals surface area contributed by atoms with Gasteiger partial charge in [-0.3, -0.25) is 0 Å². The molecule has 114 valence electrons. The zero-order chi connectivity index (χ0) is 15.2. The van der Waals surface area contributed by atoms with Crippen LogP contribution in [0.1, 0.15) is 29.4 Å². The fourth-order valence-electron chi connectivity index (χ4n) is 1.32. The van der Waals surface area contributed by atoms with Gasteiger partial charge >= 0.3 is 5.97 Å². The van der Waals surface area contributed by atoms with E-state index in [0.717, 1.165) is 30.2 Å². The minimum atomic E-state index is -3.73. The first kappa shape index (κ1) is 17.6. The number of halogens is 1. The minimum absolute atomic E-state index is 0.0311. The molecule has 1 aromatic heterocycles. The standard InChI is InChI=1S/C11H16BrNO5S2/c1-2-3-5-18-6-4-13-20(16,17)9-7-8(11(14)15)19-10(9)12/h7,13H,2-6H2,1H3,(H,14,15). The number of sulfonamides is 1. The maximum absolute atomic E-state index is 12.0. The van der Waals surface area contributed by atoms with Crippen molar-refractivity contribution in [1.29, 1.82) is 0 Å². The molecule has 0 radical (unpaired) electrons. The lowest BCUT2D eigenvalue weighted by Gasteiger charge is -2.06. The van der Waals surface area contributed by atoms with Gasteiger partial charge in [0, 0.05) is 13.2 Å². The zero-order valence-electron chi connectivity index (χ0n) is 10.9. The lowest BCUT2D eigenvalue weighted by molar-refractivity contribution is 0.0702. The third-order valence-electron chi connectivity index (χ3n) is 2.34. The molecule has 2 N–H and O–H groups in total. The van der Waals surface area contributed by atoms with Gasteiger partial charge in [0.25, 0.3) is 0 Å². The van der Waals surface area contributed by atoms with Crippen molar-refractivity contribution >= 4 is 43.3 Å². The maximum atomic E-state index is 12.0. The number of aromatic carboxylic acids is 1. The molecule has 0 aliphatic heterocycles. The molecule has 1 heterocycles. The van der Waals surface area contributed by atoms with Crippen LogP contribution < -0.4 is 4.72 Å². The molecular weight excluding hydrogens is 370 g/mol. The predicted molar refractivity (Wildman–Crippen MR) is 79.9 cm³/mol. The molecule has 0 saturated carbocycles. The van der Waals surface area contributed by atoms with Crippen molar-refractivity contribution < 1.29 is 23.1 Å². The van der Waals surface area contributed by atoms with Crippen LogP contribution in [-0.2, 0) is 14.8 Å². The van der Waals surface area contributed by atoms with E-state index in [1.807, 2.05) is 6.92 Å². The highest BCUT2D eigenvalue weighted by atomic mass is 79.9. The summed E-state index contributed by atoms with van der Waals surface area (Å²) >= 11 is 3.94. The van der Waals surface area contributed by atoms with Gasteiger partial charge in [-0.1, -0.05) is 13.3 Å². The first-order chi connectivity index (χ1) is 9.38. The van der Waals surface area contributed by atoms with Crippen molar-refractivity contribution in [3.63, 3.8) is 0 Å². The molecule has 0 unspecified atom stereocenters. The summed E-state index contributed by atoms with van der Waals surface area (Å²) in [6.07, 6.45) is 1.95. The summed E-state index contributed by atoms with van der Waals surface area (Å²) in [4.78, 5) is 10.7. The van der Waals surface area contributed by atoms with E-state index in [0.29, 0.717) is 6.61 Å². The van der Waals surface area contributed by atoms with Gasteiger partial charge in [0.1, 0.15) is 9.77 Å². The quantitative estimate of drug-likeness (QED) is 0.636. The van der Waals surface area contributed by atoms with E-state index in [1.165, 1.54) is 0 Å². The Kier molecular flexibility index (Phi) is 7.10. The Bertz CT molecular complexity index is 555. The fraction of sp³-hybridized carbons (Fsp3) is 0.545. The van der Waals surface area contributed by atoms with Gasteiger partial charge < -0.3 is 9.84 Å². The smallest absolute Gasteiger partial charge is 0.345 e. The second-order valence-corrected chi connectivity index (χ2v) is 8.02. The summed E-state index contributed by atoms with van der Waals surface area (Å²) in [5.74, 6) is -1.15. The van der Waals surface area contributed by atoms with Crippen LogP contribution in [-0.4, -0.2) is 39.3 Å². The van der Waals surface area contributed by atoms with Crippen molar-refractivity contribution in [3.05, 3.63) is 14.7 Å². The largest absolute Gasteiger partial charge is 0.477 e. The van der Waals surface area contributed by atoms with Crippen LogP contribution in [0.15, 0.2) is 14.7 Å². The van der Waals surface area contributed by atoms with E-state index in [9.17, 15) is 13.2 Å². The summed E-state index contributed by atoms with van der Waals surface area (Å²) in [5.41, 5.74) is 0. The second-order valence-electron chi connectivity index (χ2n) is 3.92. The summed E-state index contributed by atoms with van der Waals surface area (Å²) < 4.78 is 31.9. The molecule has 0 fully saturated rings. The first-order valence-electron chi connectivity index (χ1n) is 5.98. The van der Waals surface area contributed by atoms with Crippen LogP contribution in [0, 0.1) is 0 Å². The molecule has 0 atom stereocenters. The average molecular weight is 386 g/mol. The SMILES string of the molecule is CCCCOCCNS(=O)(=O)c1cc(C(=O)O)sc1Br. The Labute approximate surface area is 130 Å². The Morgan fingerprint density at radius 1 is 1.50 bits per heavy atom.